The van der Waals surface area contributed by atoms with Gasteiger partial charge < -0.3 is 14.0 Å². The molecule has 0 spiro atoms. The van der Waals surface area contributed by atoms with Gasteiger partial charge in [-0.3, -0.25) is 4.18 Å². The molecule has 2 aromatic carbocycles. The van der Waals surface area contributed by atoms with Crippen molar-refractivity contribution in [3.05, 3.63) is 83.4 Å². The first-order valence-electron chi connectivity index (χ1n) is 11.0. The number of hydrogen-bond acceptors (Lipinski definition) is 6. The highest BCUT2D eigenvalue weighted by Gasteiger charge is 2.42. The van der Waals surface area contributed by atoms with E-state index in [-0.39, 0.29) is 18.1 Å². The SMILES string of the molecule is Cc1ccc(S(=O)(=O)OC[C@H]2CO[C@@](CCc3cc(C)cc(C)c3)(Cn3ccnc3)O2)cc1. The molecule has 7 nitrogen and oxygen atoms in total. The van der Waals surface area contributed by atoms with E-state index in [4.69, 9.17) is 13.7 Å². The van der Waals surface area contributed by atoms with E-state index >= 15 is 0 Å². The summed E-state index contributed by atoms with van der Waals surface area (Å²) in [5.74, 6) is -0.889. The van der Waals surface area contributed by atoms with Crippen LogP contribution in [-0.4, -0.2) is 43.1 Å². The molecule has 3 aromatic rings. The summed E-state index contributed by atoms with van der Waals surface area (Å²) in [5, 5.41) is 0. The predicted molar refractivity (Wildman–Crippen MR) is 124 cm³/mol. The normalized spacial score (nSPS) is 20.9. The van der Waals surface area contributed by atoms with E-state index in [0.717, 1.165) is 12.0 Å². The lowest BCUT2D eigenvalue weighted by atomic mass is 10.0. The molecule has 0 aliphatic carbocycles. The standard InChI is InChI=1S/C25H30N2O5S/c1-19-4-6-24(7-5-19)33(28,29)31-16-23-15-30-25(32-23,17-27-11-10-26-18-27)9-8-22-13-20(2)12-21(3)14-22/h4-7,10-14,18,23H,8-9,15-17H2,1-3H3/t23-,25-/m1/s1. The first-order valence-corrected chi connectivity index (χ1v) is 12.4. The summed E-state index contributed by atoms with van der Waals surface area (Å²) in [7, 11) is -3.87. The van der Waals surface area contributed by atoms with Crippen molar-refractivity contribution in [2.75, 3.05) is 13.2 Å². The molecule has 0 radical (unpaired) electrons. The second kappa shape index (κ2) is 9.77. The van der Waals surface area contributed by atoms with E-state index in [9.17, 15) is 8.42 Å². The molecule has 0 amide bonds. The van der Waals surface area contributed by atoms with Gasteiger partial charge in [-0.25, -0.2) is 4.98 Å². The Balaban J connectivity index is 1.44. The Morgan fingerprint density at radius 3 is 2.48 bits per heavy atom. The van der Waals surface area contributed by atoms with Gasteiger partial charge in [0.05, 0.1) is 31.0 Å². The molecule has 1 fully saturated rings. The average molecular weight is 471 g/mol. The van der Waals surface area contributed by atoms with Crippen LogP contribution in [0, 0.1) is 20.8 Å². The second-order valence-electron chi connectivity index (χ2n) is 8.74. The predicted octanol–water partition coefficient (Wildman–Crippen LogP) is 3.96. The van der Waals surface area contributed by atoms with Crippen LogP contribution < -0.4 is 0 Å². The van der Waals surface area contributed by atoms with Crippen LogP contribution in [0.2, 0.25) is 0 Å². The zero-order valence-electron chi connectivity index (χ0n) is 19.2. The van der Waals surface area contributed by atoms with Gasteiger partial charge >= 0.3 is 0 Å². The van der Waals surface area contributed by atoms with Crippen molar-refractivity contribution in [2.24, 2.45) is 0 Å². The molecule has 0 bridgehead atoms. The van der Waals surface area contributed by atoms with E-state index in [1.807, 2.05) is 17.7 Å². The molecular weight excluding hydrogens is 440 g/mol. The molecule has 1 aliphatic rings. The number of rotatable bonds is 9. The summed E-state index contributed by atoms with van der Waals surface area (Å²) < 4.78 is 44.8. The van der Waals surface area contributed by atoms with Gasteiger partial charge in [0.2, 0.25) is 0 Å². The van der Waals surface area contributed by atoms with E-state index in [0.29, 0.717) is 13.0 Å². The van der Waals surface area contributed by atoms with E-state index in [2.05, 4.69) is 37.0 Å². The van der Waals surface area contributed by atoms with Gasteiger partial charge in [0.1, 0.15) is 6.10 Å². The van der Waals surface area contributed by atoms with Crippen molar-refractivity contribution >= 4 is 10.1 Å². The number of benzene rings is 2. The maximum Gasteiger partial charge on any atom is 0.297 e. The lowest BCUT2D eigenvalue weighted by Gasteiger charge is -2.28. The smallest absolute Gasteiger partial charge is 0.297 e. The highest BCUT2D eigenvalue weighted by molar-refractivity contribution is 7.86. The fraction of sp³-hybridized carbons (Fsp3) is 0.400. The average Bonchev–Trinajstić information content (AvgIpc) is 3.41. The lowest BCUT2D eigenvalue weighted by molar-refractivity contribution is -0.184. The Labute approximate surface area is 195 Å². The fourth-order valence-electron chi connectivity index (χ4n) is 4.14. The molecule has 2 heterocycles. The van der Waals surface area contributed by atoms with Crippen LogP contribution in [0.1, 0.15) is 28.7 Å². The lowest BCUT2D eigenvalue weighted by Crippen LogP contribution is -2.37. The minimum Gasteiger partial charge on any atom is -0.345 e. The number of ether oxygens (including phenoxy) is 2. The first-order chi connectivity index (χ1) is 15.7. The van der Waals surface area contributed by atoms with Gasteiger partial charge in [0.15, 0.2) is 5.79 Å². The van der Waals surface area contributed by atoms with Gasteiger partial charge in [-0.05, 0) is 44.9 Å². The third-order valence-electron chi connectivity index (χ3n) is 5.69. The van der Waals surface area contributed by atoms with Gasteiger partial charge in [-0.1, -0.05) is 47.0 Å². The number of nitrogens with zero attached hydrogens (tertiary/aromatic N) is 2. The van der Waals surface area contributed by atoms with Gasteiger partial charge in [-0.2, -0.15) is 8.42 Å². The van der Waals surface area contributed by atoms with Crippen molar-refractivity contribution in [2.45, 2.75) is 56.9 Å². The topological polar surface area (TPSA) is 79.7 Å². The molecule has 176 valence electrons. The monoisotopic (exact) mass is 470 g/mol. The summed E-state index contributed by atoms with van der Waals surface area (Å²) >= 11 is 0. The Morgan fingerprint density at radius 2 is 1.82 bits per heavy atom. The molecule has 4 rings (SSSR count). The van der Waals surface area contributed by atoms with Crippen molar-refractivity contribution in [3.63, 3.8) is 0 Å². The molecule has 8 heteroatoms. The summed E-state index contributed by atoms with van der Waals surface area (Å²) in [6.07, 6.45) is 6.18. The van der Waals surface area contributed by atoms with Gasteiger partial charge in [-0.15, -0.1) is 0 Å². The Kier molecular flexibility index (Phi) is 6.99. The van der Waals surface area contributed by atoms with Crippen molar-refractivity contribution < 1.29 is 22.1 Å². The van der Waals surface area contributed by atoms with E-state index < -0.39 is 22.0 Å². The minimum absolute atomic E-state index is 0.106. The largest absolute Gasteiger partial charge is 0.345 e. The Hall–Kier alpha value is -2.52. The quantitative estimate of drug-likeness (QED) is 0.441. The van der Waals surface area contributed by atoms with Crippen LogP contribution in [0.5, 0.6) is 0 Å². The number of hydrogen-bond donors (Lipinski definition) is 0. The highest BCUT2D eigenvalue weighted by atomic mass is 32.2. The molecular formula is C25H30N2O5S. The van der Waals surface area contributed by atoms with Crippen LogP contribution >= 0.6 is 0 Å². The van der Waals surface area contributed by atoms with Crippen molar-refractivity contribution in [1.29, 1.82) is 0 Å². The molecule has 0 saturated carbocycles. The number of aryl methyl sites for hydroxylation is 4. The molecule has 1 aliphatic heterocycles. The van der Waals surface area contributed by atoms with Crippen LogP contribution in [0.25, 0.3) is 0 Å². The third kappa shape index (κ3) is 6.09. The Morgan fingerprint density at radius 1 is 1.09 bits per heavy atom. The fourth-order valence-corrected chi connectivity index (χ4v) is 5.07. The number of aromatic nitrogens is 2. The van der Waals surface area contributed by atoms with Crippen molar-refractivity contribution in [1.82, 2.24) is 9.55 Å². The van der Waals surface area contributed by atoms with Crippen LogP contribution in [-0.2, 0) is 36.7 Å². The van der Waals surface area contributed by atoms with Gasteiger partial charge in [0, 0.05) is 18.8 Å². The molecule has 1 aromatic heterocycles. The Bertz CT molecular complexity index is 1160. The molecule has 0 unspecified atom stereocenters. The summed E-state index contributed by atoms with van der Waals surface area (Å²) in [5.41, 5.74) is 4.63. The zero-order valence-corrected chi connectivity index (χ0v) is 20.0. The second-order valence-corrected chi connectivity index (χ2v) is 10.4. The molecule has 33 heavy (non-hydrogen) atoms. The summed E-state index contributed by atoms with van der Waals surface area (Å²) in [6.45, 7) is 6.68. The summed E-state index contributed by atoms with van der Waals surface area (Å²) in [6, 6.07) is 13.1. The first kappa shape index (κ1) is 23.6. The maximum atomic E-state index is 12.6. The van der Waals surface area contributed by atoms with Crippen LogP contribution in [0.3, 0.4) is 0 Å². The van der Waals surface area contributed by atoms with Crippen LogP contribution in [0.4, 0.5) is 0 Å². The minimum atomic E-state index is -3.87. The molecule has 0 N–H and O–H groups in total. The van der Waals surface area contributed by atoms with Crippen LogP contribution in [0.15, 0.2) is 66.1 Å². The third-order valence-corrected chi connectivity index (χ3v) is 6.99. The highest BCUT2D eigenvalue weighted by Crippen LogP contribution is 2.32. The summed E-state index contributed by atoms with van der Waals surface area (Å²) in [4.78, 5) is 4.24. The number of imidazole rings is 1. The maximum absolute atomic E-state index is 12.6. The van der Waals surface area contributed by atoms with E-state index in [1.165, 1.54) is 16.7 Å². The van der Waals surface area contributed by atoms with Gasteiger partial charge in [0.25, 0.3) is 10.1 Å². The molecule has 1 saturated heterocycles. The van der Waals surface area contributed by atoms with E-state index in [1.54, 1.807) is 36.8 Å². The van der Waals surface area contributed by atoms with Crippen molar-refractivity contribution in [3.8, 4) is 0 Å². The zero-order chi connectivity index (χ0) is 23.5. The molecule has 2 atom stereocenters.